The average Bonchev–Trinajstić information content (AvgIpc) is 3.27. The number of carbonyl (C=O) groups is 4. The van der Waals surface area contributed by atoms with Crippen molar-refractivity contribution in [3.05, 3.63) is 35.9 Å². The van der Waals surface area contributed by atoms with Crippen LogP contribution in [0, 0.1) is 17.8 Å². The molecule has 0 saturated carbocycles. The zero-order valence-corrected chi connectivity index (χ0v) is 25.8. The molecule has 0 aliphatic carbocycles. The van der Waals surface area contributed by atoms with Crippen molar-refractivity contribution >= 4 is 24.0 Å². The highest BCUT2D eigenvalue weighted by molar-refractivity contribution is 5.86. The third-order valence-electron chi connectivity index (χ3n) is 6.42. The van der Waals surface area contributed by atoms with Gasteiger partial charge in [-0.05, 0) is 51.0 Å². The Balaban J connectivity index is 1.96. The molecule has 1 aromatic rings. The molecule has 1 aliphatic heterocycles. The SMILES string of the molecule is CC(C)C[C@@H](CNC(=O)OOC(C)(C)C)C(=O)N1CC(O)C(NC(=O)[C@H](CC(C)C)NC(=O)OCc2ccccc2)C1. The van der Waals surface area contributed by atoms with Gasteiger partial charge < -0.3 is 30.7 Å². The molecule has 4 amide bonds. The highest BCUT2D eigenvalue weighted by atomic mass is 17.2. The van der Waals surface area contributed by atoms with E-state index < -0.39 is 47.8 Å². The van der Waals surface area contributed by atoms with Gasteiger partial charge in [0.15, 0.2) is 0 Å². The summed E-state index contributed by atoms with van der Waals surface area (Å²) in [6.07, 6.45) is -1.67. The van der Waals surface area contributed by atoms with Gasteiger partial charge in [-0.1, -0.05) is 58.0 Å². The number of β-amino-alcohol motifs (C(OH)–C–C–N with tert-alkyl or cyclic N) is 1. The molecular weight excluding hydrogens is 544 g/mol. The number of ether oxygens (including phenoxy) is 1. The summed E-state index contributed by atoms with van der Waals surface area (Å²) in [6.45, 7) is 13.2. The molecule has 0 radical (unpaired) electrons. The maximum absolute atomic E-state index is 13.4. The maximum atomic E-state index is 13.4. The van der Waals surface area contributed by atoms with Crippen LogP contribution in [0.1, 0.15) is 66.9 Å². The Labute approximate surface area is 248 Å². The lowest BCUT2D eigenvalue weighted by Gasteiger charge is -2.25. The van der Waals surface area contributed by atoms with E-state index in [0.717, 1.165) is 5.56 Å². The molecule has 0 spiro atoms. The van der Waals surface area contributed by atoms with Crippen LogP contribution in [0.2, 0.25) is 0 Å². The van der Waals surface area contributed by atoms with Crippen LogP contribution in [0.5, 0.6) is 0 Å². The van der Waals surface area contributed by atoms with Crippen LogP contribution in [-0.2, 0) is 30.7 Å². The minimum Gasteiger partial charge on any atom is -0.445 e. The Hall–Kier alpha value is -3.38. The normalized spacial score (nSPS) is 18.4. The second kappa shape index (κ2) is 16.3. The van der Waals surface area contributed by atoms with E-state index >= 15 is 0 Å². The van der Waals surface area contributed by atoms with Gasteiger partial charge >= 0.3 is 12.2 Å². The van der Waals surface area contributed by atoms with Crippen LogP contribution in [0.3, 0.4) is 0 Å². The summed E-state index contributed by atoms with van der Waals surface area (Å²) in [7, 11) is 0. The van der Waals surface area contributed by atoms with Crippen LogP contribution in [0.15, 0.2) is 30.3 Å². The van der Waals surface area contributed by atoms with Gasteiger partial charge in [-0.3, -0.25) is 14.5 Å². The minimum absolute atomic E-state index is 0.0251. The van der Waals surface area contributed by atoms with Crippen LogP contribution >= 0.6 is 0 Å². The molecule has 1 saturated heterocycles. The second-order valence-electron chi connectivity index (χ2n) is 12.6. The number of aliphatic hydroxyl groups is 1. The summed E-state index contributed by atoms with van der Waals surface area (Å²) < 4.78 is 5.28. The molecule has 1 fully saturated rings. The average molecular weight is 593 g/mol. The third kappa shape index (κ3) is 12.6. The van der Waals surface area contributed by atoms with E-state index in [1.807, 2.05) is 58.0 Å². The lowest BCUT2D eigenvalue weighted by molar-refractivity contribution is -0.300. The molecule has 12 heteroatoms. The highest BCUT2D eigenvalue weighted by Gasteiger charge is 2.39. The molecule has 4 N–H and O–H groups in total. The lowest BCUT2D eigenvalue weighted by atomic mass is 9.95. The van der Waals surface area contributed by atoms with Crippen molar-refractivity contribution in [3.63, 3.8) is 0 Å². The molecule has 0 aromatic heterocycles. The van der Waals surface area contributed by atoms with Gasteiger partial charge in [0.25, 0.3) is 0 Å². The number of nitrogens with zero attached hydrogens (tertiary/aromatic N) is 1. The molecule has 1 aromatic carbocycles. The van der Waals surface area contributed by atoms with Crippen LogP contribution in [0.25, 0.3) is 0 Å². The number of carbonyl (C=O) groups excluding carboxylic acids is 4. The van der Waals surface area contributed by atoms with Crippen LogP contribution in [0.4, 0.5) is 9.59 Å². The third-order valence-corrected chi connectivity index (χ3v) is 6.42. The molecule has 2 rings (SSSR count). The van der Waals surface area contributed by atoms with Gasteiger partial charge in [0.05, 0.1) is 18.1 Å². The van der Waals surface area contributed by atoms with Crippen molar-refractivity contribution in [3.8, 4) is 0 Å². The van der Waals surface area contributed by atoms with E-state index in [2.05, 4.69) is 16.0 Å². The Bertz CT molecular complexity index is 1030. The first-order chi connectivity index (χ1) is 19.6. The molecule has 236 valence electrons. The van der Waals surface area contributed by atoms with Gasteiger partial charge in [0.1, 0.15) is 18.2 Å². The topological polar surface area (TPSA) is 156 Å². The minimum atomic E-state index is -1.000. The number of nitrogens with one attached hydrogen (secondary N) is 3. The van der Waals surface area contributed by atoms with Gasteiger partial charge in [0, 0.05) is 19.6 Å². The lowest BCUT2D eigenvalue weighted by Crippen LogP contribution is -2.53. The number of amides is 4. The summed E-state index contributed by atoms with van der Waals surface area (Å²) in [5.74, 6) is -1.04. The van der Waals surface area contributed by atoms with Gasteiger partial charge in [-0.2, -0.15) is 4.89 Å². The summed E-state index contributed by atoms with van der Waals surface area (Å²) >= 11 is 0. The first-order valence-corrected chi connectivity index (χ1v) is 14.5. The van der Waals surface area contributed by atoms with Gasteiger partial charge in [-0.15, -0.1) is 0 Å². The van der Waals surface area contributed by atoms with Crippen molar-refractivity contribution in [2.45, 2.75) is 91.7 Å². The summed E-state index contributed by atoms with van der Waals surface area (Å²) in [5.41, 5.74) is 0.138. The first kappa shape index (κ1) is 34.8. The largest absolute Gasteiger partial charge is 0.445 e. The zero-order valence-electron chi connectivity index (χ0n) is 25.8. The molecule has 12 nitrogen and oxygen atoms in total. The Morgan fingerprint density at radius 1 is 0.976 bits per heavy atom. The van der Waals surface area contributed by atoms with Gasteiger partial charge in [-0.25, -0.2) is 9.59 Å². The fourth-order valence-electron chi connectivity index (χ4n) is 4.50. The van der Waals surface area contributed by atoms with Crippen molar-refractivity contribution in [2.24, 2.45) is 17.8 Å². The molecule has 4 atom stereocenters. The first-order valence-electron chi connectivity index (χ1n) is 14.5. The van der Waals surface area contributed by atoms with Crippen molar-refractivity contribution in [2.75, 3.05) is 19.6 Å². The predicted molar refractivity (Wildman–Crippen MR) is 156 cm³/mol. The number of hydrogen-bond donors (Lipinski definition) is 4. The quantitative estimate of drug-likeness (QED) is 0.201. The summed E-state index contributed by atoms with van der Waals surface area (Å²) in [5, 5.41) is 18.7. The van der Waals surface area contributed by atoms with Gasteiger partial charge in [0.2, 0.25) is 11.8 Å². The van der Waals surface area contributed by atoms with Crippen molar-refractivity contribution in [1.82, 2.24) is 20.9 Å². The monoisotopic (exact) mass is 592 g/mol. The van der Waals surface area contributed by atoms with Crippen LogP contribution < -0.4 is 16.0 Å². The fourth-order valence-corrected chi connectivity index (χ4v) is 4.50. The number of benzene rings is 1. The summed E-state index contributed by atoms with van der Waals surface area (Å²) in [6, 6.07) is 7.58. The highest BCUT2D eigenvalue weighted by Crippen LogP contribution is 2.20. The number of likely N-dealkylation sites (tertiary alicyclic amines) is 1. The Morgan fingerprint density at radius 2 is 1.62 bits per heavy atom. The maximum Gasteiger partial charge on any atom is 0.438 e. The Morgan fingerprint density at radius 3 is 2.21 bits per heavy atom. The molecule has 1 heterocycles. The predicted octanol–water partition coefficient (Wildman–Crippen LogP) is 3.13. The number of hydrogen-bond acceptors (Lipinski definition) is 8. The molecule has 42 heavy (non-hydrogen) atoms. The van der Waals surface area contributed by atoms with E-state index in [9.17, 15) is 24.3 Å². The number of rotatable bonds is 13. The standard InChI is InChI=1S/C30H48N4O8/c1-19(2)13-22(15-31-28(38)41-42-30(5,6)7)27(37)34-16-24(25(35)17-34)32-26(36)23(14-20(3)4)33-29(39)40-18-21-11-9-8-10-12-21/h8-12,19-20,22-25,35H,13-18H2,1-7H3,(H,31,38)(H,32,36)(H,33,39)/t22-,23-,24?,25?/m0/s1. The second-order valence-corrected chi connectivity index (χ2v) is 12.6. The van der Waals surface area contributed by atoms with Crippen molar-refractivity contribution < 1.29 is 38.8 Å². The number of alkyl carbamates (subject to hydrolysis) is 1. The van der Waals surface area contributed by atoms with E-state index in [0.29, 0.717) is 12.8 Å². The van der Waals surface area contributed by atoms with E-state index in [1.54, 1.807) is 20.8 Å². The molecule has 2 unspecified atom stereocenters. The van der Waals surface area contributed by atoms with E-state index in [-0.39, 0.29) is 44.0 Å². The van der Waals surface area contributed by atoms with Crippen LogP contribution in [-0.4, -0.2) is 77.4 Å². The molecule has 1 aliphatic rings. The smallest absolute Gasteiger partial charge is 0.438 e. The van der Waals surface area contributed by atoms with Crippen molar-refractivity contribution in [1.29, 1.82) is 0 Å². The zero-order chi connectivity index (χ0) is 31.4. The summed E-state index contributed by atoms with van der Waals surface area (Å²) in [4.78, 5) is 62.4. The molecule has 0 bridgehead atoms. The van der Waals surface area contributed by atoms with E-state index in [1.165, 1.54) is 4.90 Å². The van der Waals surface area contributed by atoms with E-state index in [4.69, 9.17) is 14.5 Å². The number of aliphatic hydroxyl groups excluding tert-OH is 1. The fraction of sp³-hybridized carbons (Fsp3) is 0.667. The Kier molecular flexibility index (Phi) is 13.5. The molecular formula is C30H48N4O8.